The lowest BCUT2D eigenvalue weighted by Gasteiger charge is -2.23. The number of methoxy groups -OCH3 is 3. The first-order valence-corrected chi connectivity index (χ1v) is 7.16. The van der Waals surface area contributed by atoms with Crippen LogP contribution in [0.2, 0.25) is 0 Å². The van der Waals surface area contributed by atoms with Gasteiger partial charge in [-0.3, -0.25) is 14.4 Å². The molecule has 0 aliphatic rings. The van der Waals surface area contributed by atoms with Crippen molar-refractivity contribution < 1.29 is 38.5 Å². The van der Waals surface area contributed by atoms with Gasteiger partial charge in [0.1, 0.15) is 11.8 Å². The molecule has 1 aromatic carbocycles. The Bertz CT molecular complexity index is 640. The van der Waals surface area contributed by atoms with E-state index in [0.717, 1.165) is 21.3 Å². The van der Waals surface area contributed by atoms with Gasteiger partial charge >= 0.3 is 17.9 Å². The molecule has 0 heterocycles. The lowest BCUT2D eigenvalue weighted by Crippen LogP contribution is -2.50. The molecule has 2 N–H and O–H groups in total. The highest BCUT2D eigenvalue weighted by molar-refractivity contribution is 5.98. The summed E-state index contributed by atoms with van der Waals surface area (Å²) in [5, 5.41) is 11.6. The van der Waals surface area contributed by atoms with Crippen LogP contribution < -0.4 is 5.32 Å². The lowest BCUT2D eigenvalue weighted by atomic mass is 9.95. The highest BCUT2D eigenvalue weighted by Crippen LogP contribution is 2.16. The Kier molecular flexibility index (Phi) is 7.39. The molecule has 1 aromatic rings. The van der Waals surface area contributed by atoms with Crippen LogP contribution in [-0.2, 0) is 28.6 Å². The van der Waals surface area contributed by atoms with Crippen molar-refractivity contribution in [3.8, 4) is 5.75 Å². The van der Waals surface area contributed by atoms with E-state index in [-0.39, 0.29) is 11.3 Å². The van der Waals surface area contributed by atoms with Crippen LogP contribution in [-0.4, -0.2) is 56.3 Å². The van der Waals surface area contributed by atoms with Crippen molar-refractivity contribution in [2.75, 3.05) is 21.3 Å². The molecule has 0 radical (unpaired) electrons. The SMILES string of the molecule is COC(=O)C[C@H](C(=O)OC)[C@H](NC(=O)c1ccc(O)cc1)C(=O)OC. The van der Waals surface area contributed by atoms with E-state index < -0.39 is 42.2 Å². The van der Waals surface area contributed by atoms with Crippen LogP contribution in [0.4, 0.5) is 0 Å². The Morgan fingerprint density at radius 3 is 2.00 bits per heavy atom. The second-order valence-electron chi connectivity index (χ2n) is 4.93. The third-order valence-corrected chi connectivity index (χ3v) is 3.39. The number of hydrogen-bond donors (Lipinski definition) is 2. The Hall–Kier alpha value is -3.10. The van der Waals surface area contributed by atoms with Crippen LogP contribution in [0.5, 0.6) is 5.75 Å². The molecule has 9 heteroatoms. The number of phenolic OH excluding ortho intramolecular Hbond substituents is 1. The number of aromatic hydroxyl groups is 1. The molecule has 1 amide bonds. The number of benzene rings is 1. The van der Waals surface area contributed by atoms with Gasteiger partial charge in [0.25, 0.3) is 5.91 Å². The van der Waals surface area contributed by atoms with Crippen LogP contribution in [0.15, 0.2) is 24.3 Å². The average molecular weight is 353 g/mol. The number of esters is 3. The van der Waals surface area contributed by atoms with Crippen molar-refractivity contribution in [1.29, 1.82) is 0 Å². The summed E-state index contributed by atoms with van der Waals surface area (Å²) in [6.07, 6.45) is -0.487. The van der Waals surface area contributed by atoms with Gasteiger partial charge in [0, 0.05) is 5.56 Å². The molecule has 25 heavy (non-hydrogen) atoms. The predicted molar refractivity (Wildman–Crippen MR) is 83.5 cm³/mol. The molecule has 0 saturated carbocycles. The quantitative estimate of drug-likeness (QED) is 0.518. The number of ether oxygens (including phenoxy) is 3. The van der Waals surface area contributed by atoms with Gasteiger partial charge in [-0.1, -0.05) is 0 Å². The Morgan fingerprint density at radius 2 is 1.52 bits per heavy atom. The predicted octanol–water partition coefficient (Wildman–Crippen LogP) is 0.0159. The topological polar surface area (TPSA) is 128 Å². The summed E-state index contributed by atoms with van der Waals surface area (Å²) in [6.45, 7) is 0. The van der Waals surface area contributed by atoms with Gasteiger partial charge in [0.2, 0.25) is 0 Å². The first-order chi connectivity index (χ1) is 11.8. The maximum atomic E-state index is 12.3. The summed E-state index contributed by atoms with van der Waals surface area (Å²) in [6, 6.07) is 3.76. The van der Waals surface area contributed by atoms with Crippen molar-refractivity contribution in [3.05, 3.63) is 29.8 Å². The largest absolute Gasteiger partial charge is 0.508 e. The van der Waals surface area contributed by atoms with E-state index in [4.69, 9.17) is 0 Å². The zero-order chi connectivity index (χ0) is 19.0. The molecule has 0 spiro atoms. The summed E-state index contributed by atoms with van der Waals surface area (Å²) in [7, 11) is 3.29. The fourth-order valence-corrected chi connectivity index (χ4v) is 2.04. The minimum absolute atomic E-state index is 0.0424. The molecule has 0 unspecified atom stereocenters. The molecule has 136 valence electrons. The van der Waals surface area contributed by atoms with Crippen LogP contribution in [0, 0.1) is 5.92 Å². The number of hydrogen-bond acceptors (Lipinski definition) is 8. The second-order valence-corrected chi connectivity index (χ2v) is 4.93. The first-order valence-electron chi connectivity index (χ1n) is 7.16. The summed E-state index contributed by atoms with van der Waals surface area (Å²) < 4.78 is 13.7. The molecule has 0 saturated heterocycles. The van der Waals surface area contributed by atoms with Gasteiger partial charge in [-0.25, -0.2) is 4.79 Å². The van der Waals surface area contributed by atoms with Crippen molar-refractivity contribution in [3.63, 3.8) is 0 Å². The van der Waals surface area contributed by atoms with Crippen molar-refractivity contribution in [1.82, 2.24) is 5.32 Å². The Labute approximate surface area is 143 Å². The van der Waals surface area contributed by atoms with E-state index in [0.29, 0.717) is 0 Å². The highest BCUT2D eigenvalue weighted by Gasteiger charge is 2.38. The molecule has 2 atom stereocenters. The number of carbonyl (C=O) groups is 4. The normalized spacial score (nSPS) is 12.4. The van der Waals surface area contributed by atoms with Gasteiger partial charge in [-0.05, 0) is 24.3 Å². The molecule has 1 rings (SSSR count). The highest BCUT2D eigenvalue weighted by atomic mass is 16.5. The smallest absolute Gasteiger partial charge is 0.329 e. The Morgan fingerprint density at radius 1 is 0.960 bits per heavy atom. The molecule has 9 nitrogen and oxygen atoms in total. The van der Waals surface area contributed by atoms with Crippen molar-refractivity contribution in [2.24, 2.45) is 5.92 Å². The van der Waals surface area contributed by atoms with Gasteiger partial charge in [-0.2, -0.15) is 0 Å². The molecule has 0 bridgehead atoms. The third-order valence-electron chi connectivity index (χ3n) is 3.39. The van der Waals surface area contributed by atoms with E-state index >= 15 is 0 Å². The van der Waals surface area contributed by atoms with Gasteiger partial charge in [0.15, 0.2) is 0 Å². The van der Waals surface area contributed by atoms with Gasteiger partial charge < -0.3 is 24.6 Å². The molecule has 0 fully saturated rings. The molecule has 0 aliphatic heterocycles. The summed E-state index contributed by atoms with van der Waals surface area (Å²) in [4.78, 5) is 47.8. The standard InChI is InChI=1S/C16H19NO8/c1-23-12(19)8-11(15(21)24-2)13(16(22)25-3)17-14(20)9-4-6-10(18)7-5-9/h4-7,11,13,18H,8H2,1-3H3,(H,17,20)/t11-,13-/m0/s1. The first kappa shape index (κ1) is 19.9. The van der Waals surface area contributed by atoms with Crippen LogP contribution >= 0.6 is 0 Å². The minimum Gasteiger partial charge on any atom is -0.508 e. The number of phenols is 1. The van der Waals surface area contributed by atoms with E-state index in [1.54, 1.807) is 0 Å². The van der Waals surface area contributed by atoms with Crippen molar-refractivity contribution >= 4 is 23.8 Å². The Balaban J connectivity index is 3.09. The fraction of sp³-hybridized carbons (Fsp3) is 0.375. The summed E-state index contributed by atoms with van der Waals surface area (Å²) >= 11 is 0. The zero-order valence-electron chi connectivity index (χ0n) is 14.0. The monoisotopic (exact) mass is 353 g/mol. The van der Waals surface area contributed by atoms with Crippen LogP contribution in [0.25, 0.3) is 0 Å². The third kappa shape index (κ3) is 5.48. The average Bonchev–Trinajstić information content (AvgIpc) is 2.63. The van der Waals surface area contributed by atoms with Gasteiger partial charge in [-0.15, -0.1) is 0 Å². The molecular formula is C16H19NO8. The maximum Gasteiger partial charge on any atom is 0.329 e. The summed E-state index contributed by atoms with van der Waals surface area (Å²) in [5.41, 5.74) is 0.133. The molecule has 0 aliphatic carbocycles. The van der Waals surface area contributed by atoms with E-state index in [2.05, 4.69) is 19.5 Å². The number of carbonyl (C=O) groups excluding carboxylic acids is 4. The minimum atomic E-state index is -1.46. The number of nitrogens with one attached hydrogen (secondary N) is 1. The molecular weight excluding hydrogens is 334 g/mol. The zero-order valence-corrected chi connectivity index (χ0v) is 14.0. The number of rotatable bonds is 7. The molecule has 0 aromatic heterocycles. The van der Waals surface area contributed by atoms with Crippen molar-refractivity contribution in [2.45, 2.75) is 12.5 Å². The second kappa shape index (κ2) is 9.26. The van der Waals surface area contributed by atoms with E-state index in [1.165, 1.54) is 24.3 Å². The maximum absolute atomic E-state index is 12.3. The van der Waals surface area contributed by atoms with Gasteiger partial charge in [0.05, 0.1) is 33.7 Å². The lowest BCUT2D eigenvalue weighted by molar-refractivity contribution is -0.158. The van der Waals surface area contributed by atoms with E-state index in [1.807, 2.05) is 0 Å². The van der Waals surface area contributed by atoms with E-state index in [9.17, 15) is 24.3 Å². The fourth-order valence-electron chi connectivity index (χ4n) is 2.04. The van der Waals surface area contributed by atoms with Crippen LogP contribution in [0.1, 0.15) is 16.8 Å². The van der Waals surface area contributed by atoms with Crippen LogP contribution in [0.3, 0.4) is 0 Å². The number of amides is 1. The summed E-state index contributed by atoms with van der Waals surface area (Å²) in [5.74, 6) is -4.64.